The number of anilines is 2. The van der Waals surface area contributed by atoms with E-state index in [0.29, 0.717) is 25.6 Å². The average molecular weight is 545 g/mol. The molecule has 4 aromatic carbocycles. The molecule has 41 heavy (non-hydrogen) atoms. The summed E-state index contributed by atoms with van der Waals surface area (Å²) in [6.07, 6.45) is 1.23. The summed E-state index contributed by atoms with van der Waals surface area (Å²) in [5.74, 6) is 2.41. The van der Waals surface area contributed by atoms with Crippen LogP contribution < -0.4 is 20.1 Å². The Morgan fingerprint density at radius 3 is 2.07 bits per heavy atom. The van der Waals surface area contributed by atoms with Crippen molar-refractivity contribution in [3.05, 3.63) is 131 Å². The van der Waals surface area contributed by atoms with Crippen LogP contribution in [0.5, 0.6) is 11.5 Å². The summed E-state index contributed by atoms with van der Waals surface area (Å²) >= 11 is 0. The Balaban J connectivity index is 1.26. The number of Topliss-reactive ketones (excluding diaryl/α,β-unsaturated/α-hetero) is 1. The fourth-order valence-corrected chi connectivity index (χ4v) is 5.57. The summed E-state index contributed by atoms with van der Waals surface area (Å²) in [6, 6.07) is 34.4. The highest BCUT2D eigenvalue weighted by molar-refractivity contribution is 6.01. The lowest BCUT2D eigenvalue weighted by molar-refractivity contribution is -0.116. The van der Waals surface area contributed by atoms with Crippen LogP contribution in [0, 0.1) is 5.92 Å². The van der Waals surface area contributed by atoms with Crippen molar-refractivity contribution in [1.29, 1.82) is 0 Å². The summed E-state index contributed by atoms with van der Waals surface area (Å²) in [5.41, 5.74) is 7.07. The second-order valence-electron chi connectivity index (χ2n) is 11.3. The minimum Gasteiger partial charge on any atom is -0.493 e. The third-order valence-corrected chi connectivity index (χ3v) is 7.71. The van der Waals surface area contributed by atoms with Gasteiger partial charge in [-0.05, 0) is 71.3 Å². The molecule has 1 aliphatic heterocycles. The van der Waals surface area contributed by atoms with Gasteiger partial charge in [-0.2, -0.15) is 0 Å². The van der Waals surface area contributed by atoms with Gasteiger partial charge in [0, 0.05) is 17.7 Å². The second-order valence-corrected chi connectivity index (χ2v) is 11.3. The Hall–Kier alpha value is -4.51. The van der Waals surface area contributed by atoms with Crippen LogP contribution >= 0.6 is 0 Å². The van der Waals surface area contributed by atoms with E-state index in [2.05, 4.69) is 73.0 Å². The summed E-state index contributed by atoms with van der Waals surface area (Å²) < 4.78 is 11.9. The maximum Gasteiger partial charge on any atom is 0.163 e. The van der Waals surface area contributed by atoms with Gasteiger partial charge in [-0.15, -0.1) is 0 Å². The van der Waals surface area contributed by atoms with E-state index in [0.717, 1.165) is 57.3 Å². The molecule has 0 bridgehead atoms. The van der Waals surface area contributed by atoms with Crippen LogP contribution in [0.15, 0.2) is 114 Å². The standard InChI is InChI=1S/C36H36N2O3/c1-24(2)22-40-29-16-12-26(13-17-29)28-20-33-35(34(39)21-28)36(38-32-11-7-6-10-31(32)37-33)27-14-18-30(19-15-27)41-23-25-8-4-3-5-9-25/h3-19,24,28,36-38H,20-23H2,1-2H3. The normalized spacial score (nSPS) is 18.1. The SMILES string of the molecule is CC(C)COc1ccc(C2CC(=O)C3=C(C2)Nc2ccccc2NC3c2ccc(OCc3ccccc3)cc2)cc1. The van der Waals surface area contributed by atoms with Gasteiger partial charge in [-0.25, -0.2) is 0 Å². The van der Waals surface area contributed by atoms with Crippen molar-refractivity contribution < 1.29 is 14.3 Å². The van der Waals surface area contributed by atoms with Gasteiger partial charge in [0.05, 0.1) is 24.0 Å². The number of hydrogen-bond acceptors (Lipinski definition) is 5. The van der Waals surface area contributed by atoms with Crippen molar-refractivity contribution in [2.45, 2.75) is 45.3 Å². The van der Waals surface area contributed by atoms with E-state index >= 15 is 0 Å². The first-order chi connectivity index (χ1) is 20.0. The molecule has 2 aliphatic rings. The van der Waals surface area contributed by atoms with E-state index in [-0.39, 0.29) is 17.7 Å². The van der Waals surface area contributed by atoms with Gasteiger partial charge in [0.2, 0.25) is 0 Å². The summed E-state index contributed by atoms with van der Waals surface area (Å²) in [4.78, 5) is 13.9. The minimum absolute atomic E-state index is 0.104. The molecule has 5 nitrogen and oxygen atoms in total. The van der Waals surface area contributed by atoms with Gasteiger partial charge in [0.15, 0.2) is 5.78 Å². The highest BCUT2D eigenvalue weighted by Gasteiger charge is 2.36. The number of hydrogen-bond donors (Lipinski definition) is 2. The summed E-state index contributed by atoms with van der Waals surface area (Å²) in [6.45, 7) is 5.48. The zero-order chi connectivity index (χ0) is 28.2. The van der Waals surface area contributed by atoms with Crippen molar-refractivity contribution in [2.75, 3.05) is 17.2 Å². The van der Waals surface area contributed by atoms with E-state index in [1.807, 2.05) is 54.6 Å². The van der Waals surface area contributed by atoms with Crippen LogP contribution in [-0.4, -0.2) is 12.4 Å². The predicted molar refractivity (Wildman–Crippen MR) is 164 cm³/mol. The number of carbonyl (C=O) groups excluding carboxylic acids is 1. The molecule has 1 heterocycles. The van der Waals surface area contributed by atoms with Crippen molar-refractivity contribution in [3.63, 3.8) is 0 Å². The lowest BCUT2D eigenvalue weighted by Gasteiger charge is -2.30. The predicted octanol–water partition coefficient (Wildman–Crippen LogP) is 8.28. The molecule has 2 unspecified atom stereocenters. The molecule has 1 aliphatic carbocycles. The zero-order valence-corrected chi connectivity index (χ0v) is 23.6. The maximum absolute atomic E-state index is 13.9. The molecule has 0 saturated carbocycles. The summed E-state index contributed by atoms with van der Waals surface area (Å²) in [7, 11) is 0. The molecule has 5 heteroatoms. The van der Waals surface area contributed by atoms with Crippen molar-refractivity contribution in [1.82, 2.24) is 0 Å². The number of para-hydroxylation sites is 2. The van der Waals surface area contributed by atoms with Crippen LogP contribution in [0.4, 0.5) is 11.4 Å². The fraction of sp³-hybridized carbons (Fsp3) is 0.250. The first kappa shape index (κ1) is 26.7. The molecule has 0 amide bonds. The highest BCUT2D eigenvalue weighted by Crippen LogP contribution is 2.44. The lowest BCUT2D eigenvalue weighted by atomic mass is 9.78. The molecule has 6 rings (SSSR count). The zero-order valence-electron chi connectivity index (χ0n) is 23.6. The lowest BCUT2D eigenvalue weighted by Crippen LogP contribution is -2.26. The fourth-order valence-electron chi connectivity index (χ4n) is 5.57. The van der Waals surface area contributed by atoms with E-state index in [1.54, 1.807) is 0 Å². The Morgan fingerprint density at radius 2 is 1.37 bits per heavy atom. The largest absolute Gasteiger partial charge is 0.493 e. The van der Waals surface area contributed by atoms with E-state index < -0.39 is 0 Å². The Labute approximate surface area is 242 Å². The van der Waals surface area contributed by atoms with Crippen molar-refractivity contribution in [3.8, 4) is 11.5 Å². The Kier molecular flexibility index (Phi) is 7.77. The minimum atomic E-state index is -0.260. The smallest absolute Gasteiger partial charge is 0.163 e. The van der Waals surface area contributed by atoms with Gasteiger partial charge in [-0.3, -0.25) is 4.79 Å². The van der Waals surface area contributed by atoms with Gasteiger partial charge in [-0.1, -0.05) is 80.6 Å². The number of nitrogens with one attached hydrogen (secondary N) is 2. The molecular formula is C36H36N2O3. The van der Waals surface area contributed by atoms with Crippen LogP contribution in [-0.2, 0) is 11.4 Å². The third kappa shape index (κ3) is 6.14. The monoisotopic (exact) mass is 544 g/mol. The van der Waals surface area contributed by atoms with E-state index in [9.17, 15) is 4.79 Å². The van der Waals surface area contributed by atoms with Crippen LogP contribution in [0.1, 0.15) is 55.3 Å². The number of allylic oxidation sites excluding steroid dienone is 1. The number of benzene rings is 4. The second kappa shape index (κ2) is 11.9. The Bertz CT molecular complexity index is 1530. The molecule has 0 radical (unpaired) electrons. The topological polar surface area (TPSA) is 59.6 Å². The summed E-state index contributed by atoms with van der Waals surface area (Å²) in [5, 5.41) is 7.30. The molecule has 0 aromatic heterocycles. The van der Waals surface area contributed by atoms with Gasteiger partial charge in [0.25, 0.3) is 0 Å². The number of ketones is 1. The maximum atomic E-state index is 13.9. The first-order valence-corrected chi connectivity index (χ1v) is 14.4. The van der Waals surface area contributed by atoms with E-state index in [1.165, 1.54) is 0 Å². The van der Waals surface area contributed by atoms with Crippen molar-refractivity contribution in [2.24, 2.45) is 5.92 Å². The quantitative estimate of drug-likeness (QED) is 0.234. The molecule has 208 valence electrons. The van der Waals surface area contributed by atoms with Gasteiger partial charge < -0.3 is 20.1 Å². The molecular weight excluding hydrogens is 508 g/mol. The average Bonchev–Trinajstić information content (AvgIpc) is 3.17. The molecule has 2 atom stereocenters. The first-order valence-electron chi connectivity index (χ1n) is 14.4. The number of ether oxygens (including phenoxy) is 2. The highest BCUT2D eigenvalue weighted by atomic mass is 16.5. The third-order valence-electron chi connectivity index (χ3n) is 7.71. The molecule has 0 fully saturated rings. The molecule has 0 spiro atoms. The molecule has 4 aromatic rings. The van der Waals surface area contributed by atoms with Gasteiger partial charge >= 0.3 is 0 Å². The van der Waals surface area contributed by atoms with Crippen molar-refractivity contribution >= 4 is 17.2 Å². The Morgan fingerprint density at radius 1 is 0.732 bits per heavy atom. The molecule has 2 N–H and O–H groups in total. The number of fused-ring (bicyclic) bond motifs is 1. The molecule has 0 saturated heterocycles. The number of carbonyl (C=O) groups is 1. The van der Waals surface area contributed by atoms with Gasteiger partial charge in [0.1, 0.15) is 18.1 Å². The van der Waals surface area contributed by atoms with Crippen LogP contribution in [0.25, 0.3) is 0 Å². The van der Waals surface area contributed by atoms with E-state index in [4.69, 9.17) is 9.47 Å². The number of rotatable bonds is 8. The van der Waals surface area contributed by atoms with Crippen LogP contribution in [0.2, 0.25) is 0 Å². The van der Waals surface area contributed by atoms with Crippen LogP contribution in [0.3, 0.4) is 0 Å².